The van der Waals surface area contributed by atoms with E-state index in [0.29, 0.717) is 18.7 Å². The summed E-state index contributed by atoms with van der Waals surface area (Å²) in [6.45, 7) is 2.31. The van der Waals surface area contributed by atoms with Crippen molar-refractivity contribution in [3.05, 3.63) is 0 Å². The third-order valence-electron chi connectivity index (χ3n) is 2.10. The molecule has 0 aliphatic heterocycles. The van der Waals surface area contributed by atoms with Crippen LogP contribution >= 0.6 is 0 Å². The Kier molecular flexibility index (Phi) is 3.30. The van der Waals surface area contributed by atoms with Crippen LogP contribution in [0.1, 0.15) is 26.2 Å². The Morgan fingerprint density at radius 2 is 2.31 bits per heavy atom. The quantitative estimate of drug-likeness (QED) is 0.645. The van der Waals surface area contributed by atoms with Crippen LogP contribution in [0.3, 0.4) is 0 Å². The van der Waals surface area contributed by atoms with Gasteiger partial charge in [0.1, 0.15) is 11.9 Å². The molecule has 0 spiro atoms. The minimum absolute atomic E-state index is 0.404. The predicted molar refractivity (Wildman–Crippen MR) is 51.5 cm³/mol. The van der Waals surface area contributed by atoms with Gasteiger partial charge in [0.15, 0.2) is 9.84 Å². The van der Waals surface area contributed by atoms with E-state index in [0.717, 1.165) is 12.8 Å². The fourth-order valence-electron chi connectivity index (χ4n) is 1.51. The molecular weight excluding hydrogens is 190 g/mol. The molecule has 0 N–H and O–H groups in total. The van der Waals surface area contributed by atoms with Crippen LogP contribution in [0.2, 0.25) is 0 Å². The van der Waals surface area contributed by atoms with E-state index in [1.807, 2.05) is 6.92 Å². The van der Waals surface area contributed by atoms with E-state index in [1.54, 1.807) is 0 Å². The van der Waals surface area contributed by atoms with Crippen LogP contribution in [-0.2, 0) is 14.7 Å². The first-order chi connectivity index (χ1) is 6.05. The molecule has 0 aromatic heterocycles. The fraction of sp³-hybridized carbons (Fsp3) is 0.875. The summed E-state index contributed by atoms with van der Waals surface area (Å²) in [4.78, 5) is 4.87. The number of hydrogen-bond acceptors (Lipinski definition) is 4. The molecule has 0 aromatic carbocycles. The lowest BCUT2D eigenvalue weighted by Gasteiger charge is -2.07. The second-order valence-electron chi connectivity index (χ2n) is 3.21. The summed E-state index contributed by atoms with van der Waals surface area (Å²) >= 11 is 0. The van der Waals surface area contributed by atoms with Gasteiger partial charge >= 0.3 is 0 Å². The zero-order chi connectivity index (χ0) is 9.90. The molecule has 1 fully saturated rings. The topological polar surface area (TPSA) is 55.7 Å². The molecule has 1 aliphatic carbocycles. The maximum Gasteiger partial charge on any atom is 0.155 e. The molecule has 1 atom stereocenters. The Labute approximate surface area is 78.9 Å². The van der Waals surface area contributed by atoms with Gasteiger partial charge in [-0.05, 0) is 26.2 Å². The third kappa shape index (κ3) is 2.69. The van der Waals surface area contributed by atoms with Crippen molar-refractivity contribution in [2.45, 2.75) is 31.4 Å². The average Bonchev–Trinajstić information content (AvgIpc) is 2.47. The Bertz CT molecular complexity index is 295. The summed E-state index contributed by atoms with van der Waals surface area (Å²) in [6, 6.07) is 0. The highest BCUT2D eigenvalue weighted by atomic mass is 32.2. The summed E-state index contributed by atoms with van der Waals surface area (Å²) in [5.41, 5.74) is 0.685. The molecule has 4 nitrogen and oxygen atoms in total. The first-order valence-electron chi connectivity index (χ1n) is 4.43. The van der Waals surface area contributed by atoms with Crippen molar-refractivity contribution < 1.29 is 13.3 Å². The van der Waals surface area contributed by atoms with Gasteiger partial charge in [-0.25, -0.2) is 8.42 Å². The summed E-state index contributed by atoms with van der Waals surface area (Å²) in [6.07, 6.45) is 3.58. The van der Waals surface area contributed by atoms with Crippen LogP contribution in [0.15, 0.2) is 5.16 Å². The molecule has 76 valence electrons. The van der Waals surface area contributed by atoms with Gasteiger partial charge in [-0.1, -0.05) is 5.16 Å². The summed E-state index contributed by atoms with van der Waals surface area (Å²) < 4.78 is 22.5. The van der Waals surface area contributed by atoms with Gasteiger partial charge in [0, 0.05) is 6.26 Å². The van der Waals surface area contributed by atoms with Crippen LogP contribution in [0, 0.1) is 0 Å². The standard InChI is InChI=1S/C8H15NO3S/c1-3-12-9-7-5-4-6-8(7)13(2,10)11/h8H,3-6H2,1-2H3/b9-7-. The van der Waals surface area contributed by atoms with Gasteiger partial charge in [0.05, 0.1) is 5.71 Å². The van der Waals surface area contributed by atoms with E-state index < -0.39 is 15.1 Å². The molecule has 0 aromatic rings. The molecule has 1 aliphatic rings. The molecule has 0 amide bonds. The number of nitrogens with zero attached hydrogens (tertiary/aromatic N) is 1. The maximum atomic E-state index is 11.3. The van der Waals surface area contributed by atoms with E-state index in [9.17, 15) is 8.42 Å². The van der Waals surface area contributed by atoms with E-state index in [-0.39, 0.29) is 0 Å². The second kappa shape index (κ2) is 4.09. The van der Waals surface area contributed by atoms with E-state index in [2.05, 4.69) is 5.16 Å². The van der Waals surface area contributed by atoms with Gasteiger partial charge in [0.25, 0.3) is 0 Å². The van der Waals surface area contributed by atoms with Crippen LogP contribution in [-0.4, -0.2) is 32.2 Å². The lowest BCUT2D eigenvalue weighted by molar-refractivity contribution is 0.158. The number of hydrogen-bond donors (Lipinski definition) is 0. The number of rotatable bonds is 3. The van der Waals surface area contributed by atoms with E-state index >= 15 is 0 Å². The zero-order valence-corrected chi connectivity index (χ0v) is 8.80. The molecule has 0 saturated heterocycles. The number of sulfone groups is 1. The van der Waals surface area contributed by atoms with Crippen molar-refractivity contribution in [2.24, 2.45) is 5.16 Å². The lowest BCUT2D eigenvalue weighted by Crippen LogP contribution is -2.24. The highest BCUT2D eigenvalue weighted by molar-refractivity contribution is 7.92. The Morgan fingerprint density at radius 1 is 1.62 bits per heavy atom. The normalized spacial score (nSPS) is 26.6. The van der Waals surface area contributed by atoms with Crippen molar-refractivity contribution in [1.29, 1.82) is 0 Å². The lowest BCUT2D eigenvalue weighted by atomic mass is 10.3. The first kappa shape index (κ1) is 10.5. The summed E-state index contributed by atoms with van der Waals surface area (Å²) in [5.74, 6) is 0. The largest absolute Gasteiger partial charge is 0.396 e. The Hall–Kier alpha value is -0.580. The van der Waals surface area contributed by atoms with Crippen molar-refractivity contribution in [2.75, 3.05) is 12.9 Å². The second-order valence-corrected chi connectivity index (χ2v) is 5.44. The summed E-state index contributed by atoms with van der Waals surface area (Å²) in [5, 5.41) is 3.42. The van der Waals surface area contributed by atoms with E-state index in [1.165, 1.54) is 6.26 Å². The third-order valence-corrected chi connectivity index (χ3v) is 3.64. The van der Waals surface area contributed by atoms with Crippen molar-refractivity contribution >= 4 is 15.5 Å². The molecule has 1 saturated carbocycles. The van der Waals surface area contributed by atoms with Gasteiger partial charge < -0.3 is 4.84 Å². The van der Waals surface area contributed by atoms with Crippen LogP contribution < -0.4 is 0 Å². The van der Waals surface area contributed by atoms with Crippen molar-refractivity contribution in [3.8, 4) is 0 Å². The van der Waals surface area contributed by atoms with Crippen LogP contribution in [0.5, 0.6) is 0 Å². The highest BCUT2D eigenvalue weighted by Gasteiger charge is 2.31. The SMILES string of the molecule is CCO/N=C1/CCCC1S(C)(=O)=O. The Morgan fingerprint density at radius 3 is 2.85 bits per heavy atom. The zero-order valence-electron chi connectivity index (χ0n) is 7.99. The monoisotopic (exact) mass is 205 g/mol. The minimum Gasteiger partial charge on any atom is -0.396 e. The van der Waals surface area contributed by atoms with Crippen molar-refractivity contribution in [3.63, 3.8) is 0 Å². The van der Waals surface area contributed by atoms with Gasteiger partial charge in [-0.2, -0.15) is 0 Å². The number of oxime groups is 1. The summed E-state index contributed by atoms with van der Waals surface area (Å²) in [7, 11) is -2.99. The smallest absolute Gasteiger partial charge is 0.155 e. The first-order valence-corrected chi connectivity index (χ1v) is 6.38. The highest BCUT2D eigenvalue weighted by Crippen LogP contribution is 2.22. The van der Waals surface area contributed by atoms with Crippen LogP contribution in [0.4, 0.5) is 0 Å². The van der Waals surface area contributed by atoms with Gasteiger partial charge in [0.2, 0.25) is 0 Å². The molecule has 0 bridgehead atoms. The average molecular weight is 205 g/mol. The molecular formula is C8H15NO3S. The van der Waals surface area contributed by atoms with Gasteiger partial charge in [-0.3, -0.25) is 0 Å². The van der Waals surface area contributed by atoms with E-state index in [4.69, 9.17) is 4.84 Å². The molecule has 13 heavy (non-hydrogen) atoms. The minimum atomic E-state index is -2.99. The maximum absolute atomic E-state index is 11.3. The van der Waals surface area contributed by atoms with Crippen LogP contribution in [0.25, 0.3) is 0 Å². The fourth-order valence-corrected chi connectivity index (χ4v) is 2.76. The molecule has 0 radical (unpaired) electrons. The Balaban J connectivity index is 2.76. The predicted octanol–water partition coefficient (Wildman–Crippen LogP) is 0.976. The molecule has 1 rings (SSSR count). The van der Waals surface area contributed by atoms with Gasteiger partial charge in [-0.15, -0.1) is 0 Å². The van der Waals surface area contributed by atoms with Crippen molar-refractivity contribution in [1.82, 2.24) is 0 Å². The molecule has 0 heterocycles. The molecule has 5 heteroatoms. The molecule has 1 unspecified atom stereocenters.